The number of hydrogen-bond acceptors (Lipinski definition) is 4. The van der Waals surface area contributed by atoms with Crippen LogP contribution in [-0.2, 0) is 9.47 Å². The highest BCUT2D eigenvalue weighted by molar-refractivity contribution is 5.89. The number of aromatic nitrogens is 1. The number of hydrogen-bond donors (Lipinski definition) is 0. The molecule has 5 heteroatoms. The van der Waals surface area contributed by atoms with Crippen LogP contribution in [0.2, 0.25) is 0 Å². The van der Waals surface area contributed by atoms with Gasteiger partial charge in [-0.25, -0.2) is 9.78 Å². The lowest BCUT2D eigenvalue weighted by atomic mass is 10.2. The van der Waals surface area contributed by atoms with Gasteiger partial charge in [0.05, 0.1) is 6.61 Å². The Morgan fingerprint density at radius 1 is 1.47 bits per heavy atom. The zero-order valence-corrected chi connectivity index (χ0v) is 9.98. The maximum absolute atomic E-state index is 13.1. The summed E-state index contributed by atoms with van der Waals surface area (Å²) in [5, 5.41) is 0. The van der Waals surface area contributed by atoms with E-state index in [-0.39, 0.29) is 12.2 Å². The van der Waals surface area contributed by atoms with Crippen molar-refractivity contribution in [1.82, 2.24) is 4.98 Å². The average Bonchev–Trinajstić information content (AvgIpc) is 2.28. The molecule has 0 unspecified atom stereocenters. The second-order valence-corrected chi connectivity index (χ2v) is 3.95. The van der Waals surface area contributed by atoms with Gasteiger partial charge in [-0.2, -0.15) is 4.39 Å². The Balaban J connectivity index is 2.29. The fourth-order valence-electron chi connectivity index (χ4n) is 1.13. The summed E-state index contributed by atoms with van der Waals surface area (Å²) >= 11 is 0. The number of carbonyl (C=O) groups is 1. The summed E-state index contributed by atoms with van der Waals surface area (Å²) in [5.74, 6) is -1.11. The summed E-state index contributed by atoms with van der Waals surface area (Å²) in [5.41, 5.74) is -0.156. The van der Waals surface area contributed by atoms with E-state index in [1.807, 2.05) is 13.8 Å². The highest BCUT2D eigenvalue weighted by atomic mass is 19.1. The molecule has 0 atom stereocenters. The van der Waals surface area contributed by atoms with E-state index in [4.69, 9.17) is 9.47 Å². The van der Waals surface area contributed by atoms with Gasteiger partial charge in [0.25, 0.3) is 0 Å². The zero-order valence-electron chi connectivity index (χ0n) is 9.98. The number of halogens is 1. The van der Waals surface area contributed by atoms with E-state index in [2.05, 4.69) is 4.98 Å². The van der Waals surface area contributed by atoms with Gasteiger partial charge in [-0.3, -0.25) is 0 Å². The maximum Gasteiger partial charge on any atom is 0.342 e. The van der Waals surface area contributed by atoms with Gasteiger partial charge >= 0.3 is 5.97 Å². The van der Waals surface area contributed by atoms with Crippen LogP contribution in [0.5, 0.6) is 0 Å². The second kappa shape index (κ2) is 6.96. The maximum atomic E-state index is 13.1. The molecule has 17 heavy (non-hydrogen) atoms. The first-order valence-corrected chi connectivity index (χ1v) is 5.46. The number of nitrogens with zero attached hydrogens (tertiary/aromatic N) is 1. The van der Waals surface area contributed by atoms with Gasteiger partial charge in [0, 0.05) is 12.8 Å². The third-order valence-corrected chi connectivity index (χ3v) is 1.89. The van der Waals surface area contributed by atoms with E-state index in [0.717, 1.165) is 0 Å². The Bertz CT molecular complexity index is 369. The minimum Gasteiger partial charge on any atom is -0.460 e. The third kappa shape index (κ3) is 4.91. The van der Waals surface area contributed by atoms with Gasteiger partial charge in [0.15, 0.2) is 0 Å². The zero-order chi connectivity index (χ0) is 12.7. The van der Waals surface area contributed by atoms with Crippen LogP contribution < -0.4 is 0 Å². The molecule has 0 saturated heterocycles. The van der Waals surface area contributed by atoms with E-state index >= 15 is 0 Å². The van der Waals surface area contributed by atoms with Crippen LogP contribution in [0, 0.1) is 11.9 Å². The highest BCUT2D eigenvalue weighted by Gasteiger charge is 2.12. The van der Waals surface area contributed by atoms with Gasteiger partial charge in [-0.15, -0.1) is 0 Å². The highest BCUT2D eigenvalue weighted by Crippen LogP contribution is 2.04. The predicted molar refractivity (Wildman–Crippen MR) is 60.1 cm³/mol. The van der Waals surface area contributed by atoms with Crippen molar-refractivity contribution in [3.63, 3.8) is 0 Å². The molecule has 94 valence electrons. The Kier molecular flexibility index (Phi) is 5.56. The van der Waals surface area contributed by atoms with E-state index in [9.17, 15) is 9.18 Å². The van der Waals surface area contributed by atoms with Crippen molar-refractivity contribution >= 4 is 5.97 Å². The summed E-state index contributed by atoms with van der Waals surface area (Å²) in [6.45, 7) is 5.08. The first-order chi connectivity index (χ1) is 8.11. The molecular weight excluding hydrogens is 225 g/mol. The Morgan fingerprint density at radius 2 is 2.24 bits per heavy atom. The molecule has 0 aliphatic heterocycles. The molecule has 1 heterocycles. The molecule has 0 aliphatic rings. The van der Waals surface area contributed by atoms with Crippen LogP contribution in [0.4, 0.5) is 4.39 Å². The van der Waals surface area contributed by atoms with Crippen molar-refractivity contribution in [1.29, 1.82) is 0 Å². The molecule has 0 aromatic carbocycles. The van der Waals surface area contributed by atoms with E-state index in [1.165, 1.54) is 18.3 Å². The second-order valence-electron chi connectivity index (χ2n) is 3.95. The largest absolute Gasteiger partial charge is 0.460 e. The van der Waals surface area contributed by atoms with E-state index in [0.29, 0.717) is 19.1 Å². The lowest BCUT2D eigenvalue weighted by molar-refractivity contribution is 0.0272. The van der Waals surface area contributed by atoms with Crippen LogP contribution in [-0.4, -0.2) is 30.8 Å². The quantitative estimate of drug-likeness (QED) is 0.434. The van der Waals surface area contributed by atoms with Gasteiger partial charge in [-0.05, 0) is 18.1 Å². The molecule has 0 spiro atoms. The van der Waals surface area contributed by atoms with Crippen molar-refractivity contribution < 1.29 is 18.7 Å². The molecule has 1 aromatic rings. The molecule has 0 aliphatic carbocycles. The standard InChI is InChI=1S/C12H16FNO3/c1-9(2)8-16-6-7-17-12(15)10-4-3-5-14-11(10)13/h3-5,9H,6-8H2,1-2H3. The van der Waals surface area contributed by atoms with Crippen molar-refractivity contribution in [2.75, 3.05) is 19.8 Å². The van der Waals surface area contributed by atoms with E-state index < -0.39 is 11.9 Å². The van der Waals surface area contributed by atoms with Crippen LogP contribution in [0.3, 0.4) is 0 Å². The minimum atomic E-state index is -0.819. The fraction of sp³-hybridized carbons (Fsp3) is 0.500. The monoisotopic (exact) mass is 241 g/mol. The van der Waals surface area contributed by atoms with Gasteiger partial charge < -0.3 is 9.47 Å². The summed E-state index contributed by atoms with van der Waals surface area (Å²) in [4.78, 5) is 14.8. The molecule has 0 N–H and O–H groups in total. The fourth-order valence-corrected chi connectivity index (χ4v) is 1.13. The van der Waals surface area contributed by atoms with Crippen LogP contribution in [0.25, 0.3) is 0 Å². The Labute approximate surface area is 99.8 Å². The van der Waals surface area contributed by atoms with Crippen LogP contribution in [0.1, 0.15) is 24.2 Å². The number of carbonyl (C=O) groups excluding carboxylic acids is 1. The molecule has 0 radical (unpaired) electrons. The lowest BCUT2D eigenvalue weighted by Gasteiger charge is -2.07. The van der Waals surface area contributed by atoms with E-state index in [1.54, 1.807) is 0 Å². The smallest absolute Gasteiger partial charge is 0.342 e. The predicted octanol–water partition coefficient (Wildman–Crippen LogP) is 2.05. The molecule has 0 amide bonds. The summed E-state index contributed by atoms with van der Waals surface area (Å²) in [7, 11) is 0. The summed E-state index contributed by atoms with van der Waals surface area (Å²) in [6.07, 6.45) is 1.28. The first-order valence-electron chi connectivity index (χ1n) is 5.46. The molecule has 4 nitrogen and oxygen atoms in total. The van der Waals surface area contributed by atoms with Crippen molar-refractivity contribution in [3.8, 4) is 0 Å². The number of ether oxygens (including phenoxy) is 2. The van der Waals surface area contributed by atoms with Crippen molar-refractivity contribution in [3.05, 3.63) is 29.8 Å². The number of rotatable bonds is 6. The lowest BCUT2D eigenvalue weighted by Crippen LogP contribution is -2.14. The molecule has 0 bridgehead atoms. The number of pyridine rings is 1. The number of esters is 1. The topological polar surface area (TPSA) is 48.4 Å². The SMILES string of the molecule is CC(C)COCCOC(=O)c1cccnc1F. The van der Waals surface area contributed by atoms with Crippen LogP contribution in [0.15, 0.2) is 18.3 Å². The van der Waals surface area contributed by atoms with Crippen LogP contribution >= 0.6 is 0 Å². The molecule has 1 aromatic heterocycles. The normalized spacial score (nSPS) is 10.6. The Morgan fingerprint density at radius 3 is 2.88 bits per heavy atom. The first kappa shape index (κ1) is 13.6. The summed E-state index contributed by atoms with van der Waals surface area (Å²) < 4.78 is 23.1. The molecule has 1 rings (SSSR count). The summed E-state index contributed by atoms with van der Waals surface area (Å²) in [6, 6.07) is 2.81. The average molecular weight is 241 g/mol. The van der Waals surface area contributed by atoms with Gasteiger partial charge in [0.2, 0.25) is 5.95 Å². The molecular formula is C12H16FNO3. The third-order valence-electron chi connectivity index (χ3n) is 1.89. The minimum absolute atomic E-state index is 0.111. The van der Waals surface area contributed by atoms with Gasteiger partial charge in [0.1, 0.15) is 12.2 Å². The van der Waals surface area contributed by atoms with Gasteiger partial charge in [-0.1, -0.05) is 13.8 Å². The molecule has 0 fully saturated rings. The van der Waals surface area contributed by atoms with Crippen molar-refractivity contribution in [2.45, 2.75) is 13.8 Å². The Hall–Kier alpha value is -1.49. The molecule has 0 saturated carbocycles. The van der Waals surface area contributed by atoms with Crippen molar-refractivity contribution in [2.24, 2.45) is 5.92 Å².